The van der Waals surface area contributed by atoms with Crippen molar-refractivity contribution in [1.29, 1.82) is 0 Å². The fourth-order valence-electron chi connectivity index (χ4n) is 3.70. The SMILES string of the molecule is Cc1nc(SCC(=O)Nc2cccc3ncccc23)c2c3c(sc2n1)CCC3. The Kier molecular flexibility index (Phi) is 4.49. The van der Waals surface area contributed by atoms with Crippen molar-refractivity contribution in [1.82, 2.24) is 15.0 Å². The molecule has 0 bridgehead atoms. The molecule has 1 amide bonds. The van der Waals surface area contributed by atoms with Crippen LogP contribution >= 0.6 is 23.1 Å². The van der Waals surface area contributed by atoms with Gasteiger partial charge >= 0.3 is 0 Å². The number of carbonyl (C=O) groups is 1. The Hall–Kier alpha value is -2.51. The van der Waals surface area contributed by atoms with E-state index in [0.29, 0.717) is 5.75 Å². The summed E-state index contributed by atoms with van der Waals surface area (Å²) in [5, 5.41) is 6.06. The third-order valence-electron chi connectivity index (χ3n) is 4.90. The zero-order valence-electron chi connectivity index (χ0n) is 15.4. The van der Waals surface area contributed by atoms with E-state index < -0.39 is 0 Å². The molecule has 0 fully saturated rings. The number of carbonyl (C=O) groups excluding carboxylic acids is 1. The number of thiophene rings is 1. The molecule has 0 spiro atoms. The maximum absolute atomic E-state index is 12.6. The number of aryl methyl sites for hydroxylation is 3. The number of nitrogens with zero attached hydrogens (tertiary/aromatic N) is 3. The lowest BCUT2D eigenvalue weighted by Crippen LogP contribution is -2.14. The van der Waals surface area contributed by atoms with E-state index in [9.17, 15) is 4.79 Å². The number of benzene rings is 1. The number of hydrogen-bond acceptors (Lipinski definition) is 6. The van der Waals surface area contributed by atoms with Gasteiger partial charge in [0.2, 0.25) is 5.91 Å². The van der Waals surface area contributed by atoms with Gasteiger partial charge in [-0.05, 0) is 56.0 Å². The highest BCUT2D eigenvalue weighted by atomic mass is 32.2. The summed E-state index contributed by atoms with van der Waals surface area (Å²) in [6.45, 7) is 1.91. The molecule has 5 rings (SSSR count). The Balaban J connectivity index is 1.38. The largest absolute Gasteiger partial charge is 0.325 e. The number of nitrogens with one attached hydrogen (secondary N) is 1. The van der Waals surface area contributed by atoms with Gasteiger partial charge in [0, 0.05) is 21.8 Å². The number of amides is 1. The molecule has 0 atom stereocenters. The van der Waals surface area contributed by atoms with Gasteiger partial charge in [0.1, 0.15) is 15.7 Å². The highest BCUT2D eigenvalue weighted by molar-refractivity contribution is 8.00. The number of aromatic nitrogens is 3. The Morgan fingerprint density at radius 1 is 1.21 bits per heavy atom. The van der Waals surface area contributed by atoms with E-state index in [2.05, 4.69) is 20.3 Å². The summed E-state index contributed by atoms with van der Waals surface area (Å²) in [4.78, 5) is 28.7. The fourth-order valence-corrected chi connectivity index (χ4v) is 5.97. The van der Waals surface area contributed by atoms with Crippen LogP contribution in [0.25, 0.3) is 21.1 Å². The van der Waals surface area contributed by atoms with E-state index in [1.165, 1.54) is 28.6 Å². The van der Waals surface area contributed by atoms with Crippen LogP contribution in [0.4, 0.5) is 5.69 Å². The second-order valence-electron chi connectivity index (χ2n) is 6.83. The first-order chi connectivity index (χ1) is 13.7. The van der Waals surface area contributed by atoms with Crippen molar-refractivity contribution in [3.8, 4) is 0 Å². The first-order valence-electron chi connectivity index (χ1n) is 9.24. The summed E-state index contributed by atoms with van der Waals surface area (Å²) < 4.78 is 0. The maximum atomic E-state index is 12.6. The monoisotopic (exact) mass is 406 g/mol. The minimum absolute atomic E-state index is 0.0438. The number of hydrogen-bond donors (Lipinski definition) is 1. The second kappa shape index (κ2) is 7.14. The van der Waals surface area contributed by atoms with Crippen LogP contribution in [0.15, 0.2) is 41.6 Å². The molecule has 140 valence electrons. The molecule has 0 radical (unpaired) electrons. The third-order valence-corrected chi connectivity index (χ3v) is 7.06. The smallest absolute Gasteiger partial charge is 0.234 e. The van der Waals surface area contributed by atoms with E-state index in [1.807, 2.05) is 37.3 Å². The molecule has 1 N–H and O–H groups in total. The summed E-state index contributed by atoms with van der Waals surface area (Å²) >= 11 is 3.28. The Labute approximate surface area is 170 Å². The molecule has 3 heterocycles. The van der Waals surface area contributed by atoms with Gasteiger partial charge in [-0.25, -0.2) is 9.97 Å². The third kappa shape index (κ3) is 3.14. The van der Waals surface area contributed by atoms with Crippen molar-refractivity contribution >= 4 is 55.8 Å². The van der Waals surface area contributed by atoms with Crippen molar-refractivity contribution in [3.63, 3.8) is 0 Å². The maximum Gasteiger partial charge on any atom is 0.234 e. The summed E-state index contributed by atoms with van der Waals surface area (Å²) in [5.74, 6) is 1.03. The minimum Gasteiger partial charge on any atom is -0.325 e. The topological polar surface area (TPSA) is 67.8 Å². The van der Waals surface area contributed by atoms with Crippen molar-refractivity contribution in [2.45, 2.75) is 31.2 Å². The van der Waals surface area contributed by atoms with Crippen LogP contribution in [-0.4, -0.2) is 26.6 Å². The van der Waals surface area contributed by atoms with Crippen LogP contribution in [0.3, 0.4) is 0 Å². The average molecular weight is 407 g/mol. The normalized spacial score (nSPS) is 13.2. The number of rotatable bonds is 4. The molecule has 1 aliphatic rings. The summed E-state index contributed by atoms with van der Waals surface area (Å²) in [6.07, 6.45) is 5.18. The molecule has 0 saturated carbocycles. The van der Waals surface area contributed by atoms with Gasteiger partial charge in [-0.2, -0.15) is 0 Å². The van der Waals surface area contributed by atoms with Crippen molar-refractivity contribution in [2.24, 2.45) is 0 Å². The van der Waals surface area contributed by atoms with Gasteiger partial charge in [0.15, 0.2) is 0 Å². The van der Waals surface area contributed by atoms with E-state index in [-0.39, 0.29) is 5.91 Å². The minimum atomic E-state index is -0.0438. The molecule has 1 aliphatic carbocycles. The van der Waals surface area contributed by atoms with Crippen molar-refractivity contribution in [3.05, 3.63) is 52.8 Å². The zero-order valence-corrected chi connectivity index (χ0v) is 17.0. The van der Waals surface area contributed by atoms with Gasteiger partial charge in [0.05, 0.1) is 17.0 Å². The van der Waals surface area contributed by atoms with Crippen molar-refractivity contribution < 1.29 is 4.79 Å². The predicted octanol–water partition coefficient (Wildman–Crippen LogP) is 4.77. The van der Waals surface area contributed by atoms with Crippen LogP contribution in [0.2, 0.25) is 0 Å². The molecule has 4 aromatic rings. The lowest BCUT2D eigenvalue weighted by molar-refractivity contribution is -0.113. The highest BCUT2D eigenvalue weighted by Crippen LogP contribution is 2.40. The number of anilines is 1. The molecule has 0 unspecified atom stereocenters. The first kappa shape index (κ1) is 17.6. The lowest BCUT2D eigenvalue weighted by Gasteiger charge is -2.09. The van der Waals surface area contributed by atoms with Crippen LogP contribution in [-0.2, 0) is 17.6 Å². The van der Waals surface area contributed by atoms with Crippen LogP contribution in [0.5, 0.6) is 0 Å². The lowest BCUT2D eigenvalue weighted by atomic mass is 10.2. The number of thioether (sulfide) groups is 1. The van der Waals surface area contributed by atoms with E-state index in [1.54, 1.807) is 17.5 Å². The van der Waals surface area contributed by atoms with Crippen LogP contribution in [0.1, 0.15) is 22.7 Å². The zero-order chi connectivity index (χ0) is 19.1. The Morgan fingerprint density at radius 3 is 3.07 bits per heavy atom. The fraction of sp³-hybridized carbons (Fsp3) is 0.238. The van der Waals surface area contributed by atoms with Crippen LogP contribution < -0.4 is 5.32 Å². The van der Waals surface area contributed by atoms with E-state index in [0.717, 1.165) is 50.5 Å². The quantitative estimate of drug-likeness (QED) is 0.391. The molecular weight excluding hydrogens is 388 g/mol. The summed E-state index contributed by atoms with van der Waals surface area (Å²) in [6, 6.07) is 9.61. The average Bonchev–Trinajstić information content (AvgIpc) is 3.27. The molecule has 1 aromatic carbocycles. The Morgan fingerprint density at radius 2 is 2.14 bits per heavy atom. The van der Waals surface area contributed by atoms with Crippen molar-refractivity contribution in [2.75, 3.05) is 11.1 Å². The standard InChI is InChI=1S/C21H18N4OS2/c1-12-23-20(19-14-5-2-9-17(14)28-21(19)24-12)27-11-18(26)25-16-8-3-7-15-13(16)6-4-10-22-15/h3-4,6-8,10H,2,5,9,11H2,1H3,(H,25,26). The molecule has 28 heavy (non-hydrogen) atoms. The van der Waals surface area contributed by atoms with E-state index >= 15 is 0 Å². The first-order valence-corrected chi connectivity index (χ1v) is 11.0. The molecule has 5 nitrogen and oxygen atoms in total. The van der Waals surface area contributed by atoms with Crippen LogP contribution in [0, 0.1) is 6.92 Å². The predicted molar refractivity (Wildman–Crippen MR) is 115 cm³/mol. The number of pyridine rings is 1. The van der Waals surface area contributed by atoms with Gasteiger partial charge in [-0.1, -0.05) is 17.8 Å². The molecule has 7 heteroatoms. The highest BCUT2D eigenvalue weighted by Gasteiger charge is 2.22. The van der Waals surface area contributed by atoms with E-state index in [4.69, 9.17) is 0 Å². The summed E-state index contributed by atoms with van der Waals surface area (Å²) in [7, 11) is 0. The molecular formula is C21H18N4OS2. The van der Waals surface area contributed by atoms with Gasteiger partial charge in [-0.3, -0.25) is 9.78 Å². The van der Waals surface area contributed by atoms with Gasteiger partial charge in [-0.15, -0.1) is 11.3 Å². The van der Waals surface area contributed by atoms with Gasteiger partial charge in [0.25, 0.3) is 0 Å². The Bertz CT molecular complexity index is 1210. The molecule has 0 saturated heterocycles. The summed E-state index contributed by atoms with van der Waals surface area (Å²) in [5.41, 5.74) is 3.05. The van der Waals surface area contributed by atoms with Gasteiger partial charge < -0.3 is 5.32 Å². The second-order valence-corrected chi connectivity index (χ2v) is 8.87. The molecule has 3 aromatic heterocycles. The number of fused-ring (bicyclic) bond motifs is 4. The molecule has 0 aliphatic heterocycles.